The highest BCUT2D eigenvalue weighted by Gasteiger charge is 2.14. The van der Waals surface area contributed by atoms with E-state index in [1.165, 1.54) is 24.4 Å². The second-order valence-electron chi connectivity index (χ2n) is 7.07. The van der Waals surface area contributed by atoms with Crippen molar-refractivity contribution in [2.24, 2.45) is 5.92 Å². The monoisotopic (exact) mass is 388 g/mol. The molecule has 2 N–H and O–H groups in total. The van der Waals surface area contributed by atoms with Gasteiger partial charge in [0.1, 0.15) is 0 Å². The minimum Gasteiger partial charge on any atom is -0.493 e. The van der Waals surface area contributed by atoms with Gasteiger partial charge in [0.2, 0.25) is 5.91 Å². The first-order chi connectivity index (χ1) is 13.6. The Bertz CT molecular complexity index is 874. The predicted molar refractivity (Wildman–Crippen MR) is 107 cm³/mol. The van der Waals surface area contributed by atoms with Gasteiger partial charge in [-0.25, -0.2) is 4.98 Å². The third-order valence-electron chi connectivity index (χ3n) is 5.17. The Hall–Kier alpha value is -2.61. The van der Waals surface area contributed by atoms with Crippen LogP contribution in [0, 0.1) is 5.92 Å². The number of benzene rings is 1. The van der Waals surface area contributed by atoms with Gasteiger partial charge in [0.15, 0.2) is 11.5 Å². The van der Waals surface area contributed by atoms with Gasteiger partial charge >= 0.3 is 0 Å². The summed E-state index contributed by atoms with van der Waals surface area (Å²) in [5.74, 6) is 1.71. The van der Waals surface area contributed by atoms with Crippen LogP contribution in [-0.4, -0.2) is 49.3 Å². The molecule has 28 heavy (non-hydrogen) atoms. The quantitative estimate of drug-likeness (QED) is 0.673. The molecule has 1 aliphatic heterocycles. The Morgan fingerprint density at radius 1 is 1.32 bits per heavy atom. The van der Waals surface area contributed by atoms with Crippen molar-refractivity contribution in [1.29, 1.82) is 0 Å². The van der Waals surface area contributed by atoms with Crippen molar-refractivity contribution in [3.8, 4) is 11.5 Å². The molecule has 1 fully saturated rings. The summed E-state index contributed by atoms with van der Waals surface area (Å²) in [5, 5.41) is 6.76. The van der Waals surface area contributed by atoms with Gasteiger partial charge in [-0.3, -0.25) is 14.2 Å². The summed E-state index contributed by atoms with van der Waals surface area (Å²) in [6.07, 6.45) is 4.68. The van der Waals surface area contributed by atoms with E-state index < -0.39 is 0 Å². The highest BCUT2D eigenvalue weighted by atomic mass is 16.5. The van der Waals surface area contributed by atoms with Crippen molar-refractivity contribution in [1.82, 2.24) is 20.2 Å². The fourth-order valence-electron chi connectivity index (χ4n) is 3.52. The second-order valence-corrected chi connectivity index (χ2v) is 7.07. The lowest BCUT2D eigenvalue weighted by Crippen LogP contribution is -2.27. The van der Waals surface area contributed by atoms with Crippen molar-refractivity contribution >= 4 is 16.8 Å². The summed E-state index contributed by atoms with van der Waals surface area (Å²) >= 11 is 0. The molecule has 1 aliphatic rings. The molecule has 1 aromatic carbocycles. The Balaban J connectivity index is 1.54. The molecular weight excluding hydrogens is 360 g/mol. The molecule has 2 aromatic rings. The molecule has 3 rings (SSSR count). The molecule has 1 saturated heterocycles. The molecule has 1 unspecified atom stereocenters. The smallest absolute Gasteiger partial charge is 0.261 e. The highest BCUT2D eigenvalue weighted by Crippen LogP contribution is 2.29. The molecule has 1 aromatic heterocycles. The molecule has 2 heterocycles. The van der Waals surface area contributed by atoms with Crippen LogP contribution in [0.25, 0.3) is 10.9 Å². The number of carbonyl (C=O) groups is 1. The summed E-state index contributed by atoms with van der Waals surface area (Å²) in [6.45, 7) is 3.27. The van der Waals surface area contributed by atoms with E-state index in [0.717, 1.165) is 19.5 Å². The highest BCUT2D eigenvalue weighted by molar-refractivity contribution is 5.81. The summed E-state index contributed by atoms with van der Waals surface area (Å²) in [5.41, 5.74) is 0.401. The van der Waals surface area contributed by atoms with E-state index in [2.05, 4.69) is 15.6 Å². The molecule has 8 nitrogen and oxygen atoms in total. The third kappa shape index (κ3) is 4.81. The predicted octanol–water partition coefficient (Wildman–Crippen LogP) is 1.31. The number of nitrogens with zero attached hydrogens (tertiary/aromatic N) is 2. The number of rotatable bonds is 9. The van der Waals surface area contributed by atoms with Crippen LogP contribution in [0.5, 0.6) is 11.5 Å². The number of aromatic nitrogens is 2. The fourth-order valence-corrected chi connectivity index (χ4v) is 3.52. The Kier molecular flexibility index (Phi) is 6.86. The number of fused-ring (bicyclic) bond motifs is 1. The van der Waals surface area contributed by atoms with Crippen molar-refractivity contribution in [2.45, 2.75) is 32.2 Å². The third-order valence-corrected chi connectivity index (χ3v) is 5.17. The maximum Gasteiger partial charge on any atom is 0.261 e. The number of methoxy groups -OCH3 is 2. The van der Waals surface area contributed by atoms with Crippen LogP contribution >= 0.6 is 0 Å². The minimum absolute atomic E-state index is 0.0270. The van der Waals surface area contributed by atoms with E-state index in [9.17, 15) is 9.59 Å². The number of amides is 1. The molecule has 0 aliphatic carbocycles. The van der Waals surface area contributed by atoms with Crippen LogP contribution in [0.2, 0.25) is 0 Å². The van der Waals surface area contributed by atoms with Gasteiger partial charge in [0.05, 0.1) is 31.4 Å². The van der Waals surface area contributed by atoms with Crippen molar-refractivity contribution in [3.05, 3.63) is 28.8 Å². The zero-order chi connectivity index (χ0) is 19.9. The van der Waals surface area contributed by atoms with Gasteiger partial charge in [0, 0.05) is 25.6 Å². The second kappa shape index (κ2) is 9.54. The standard InChI is InChI=1S/C20H28N4O4/c1-27-17-10-15-16(11-18(17)28-2)23-13-24(20(15)26)9-3-4-19(25)22-8-6-14-5-7-21-12-14/h10-11,13-14,21H,3-9,12H2,1-2H3,(H,22,25). The molecule has 0 bridgehead atoms. The number of aryl methyl sites for hydroxylation is 1. The van der Waals surface area contributed by atoms with E-state index in [0.29, 0.717) is 54.3 Å². The summed E-state index contributed by atoms with van der Waals surface area (Å²) in [6, 6.07) is 3.33. The van der Waals surface area contributed by atoms with Gasteiger partial charge < -0.3 is 20.1 Å². The molecule has 0 saturated carbocycles. The topological polar surface area (TPSA) is 94.5 Å². The lowest BCUT2D eigenvalue weighted by Gasteiger charge is -2.11. The van der Waals surface area contributed by atoms with Crippen molar-refractivity contribution < 1.29 is 14.3 Å². The maximum atomic E-state index is 12.7. The SMILES string of the molecule is COc1cc2ncn(CCCC(=O)NCCC3CCNC3)c(=O)c2cc1OC. The molecule has 0 radical (unpaired) electrons. The van der Waals surface area contributed by atoms with Gasteiger partial charge in [-0.15, -0.1) is 0 Å². The number of carbonyl (C=O) groups excluding carboxylic acids is 1. The molecular formula is C20H28N4O4. The average Bonchev–Trinajstić information content (AvgIpc) is 3.22. The van der Waals surface area contributed by atoms with Crippen LogP contribution in [-0.2, 0) is 11.3 Å². The Morgan fingerprint density at radius 3 is 2.82 bits per heavy atom. The number of nitrogens with one attached hydrogen (secondary N) is 2. The lowest BCUT2D eigenvalue weighted by atomic mass is 10.1. The first-order valence-electron chi connectivity index (χ1n) is 9.71. The normalized spacial score (nSPS) is 16.3. The lowest BCUT2D eigenvalue weighted by molar-refractivity contribution is -0.121. The van der Waals surface area contributed by atoms with E-state index in [-0.39, 0.29) is 11.5 Å². The fraction of sp³-hybridized carbons (Fsp3) is 0.550. The number of ether oxygens (including phenoxy) is 2. The molecule has 1 amide bonds. The molecule has 0 spiro atoms. The molecule has 1 atom stereocenters. The summed E-state index contributed by atoms with van der Waals surface area (Å²) in [7, 11) is 3.07. The number of hydrogen-bond donors (Lipinski definition) is 2. The van der Waals surface area contributed by atoms with Crippen molar-refractivity contribution in [2.75, 3.05) is 33.9 Å². The van der Waals surface area contributed by atoms with Gasteiger partial charge in [0.25, 0.3) is 5.56 Å². The van der Waals surface area contributed by atoms with Gasteiger partial charge in [-0.1, -0.05) is 0 Å². The van der Waals surface area contributed by atoms with E-state index in [1.54, 1.807) is 19.2 Å². The van der Waals surface area contributed by atoms with Crippen LogP contribution < -0.4 is 25.7 Å². The molecule has 8 heteroatoms. The zero-order valence-electron chi connectivity index (χ0n) is 16.5. The largest absolute Gasteiger partial charge is 0.493 e. The van der Waals surface area contributed by atoms with Crippen LogP contribution in [0.3, 0.4) is 0 Å². The Labute approximate surface area is 164 Å². The van der Waals surface area contributed by atoms with E-state index in [4.69, 9.17) is 9.47 Å². The van der Waals surface area contributed by atoms with Gasteiger partial charge in [-0.2, -0.15) is 0 Å². The minimum atomic E-state index is -0.153. The summed E-state index contributed by atoms with van der Waals surface area (Å²) in [4.78, 5) is 29.0. The zero-order valence-corrected chi connectivity index (χ0v) is 16.5. The first-order valence-corrected chi connectivity index (χ1v) is 9.71. The first kappa shape index (κ1) is 20.1. The Morgan fingerprint density at radius 2 is 2.11 bits per heavy atom. The maximum absolute atomic E-state index is 12.7. The van der Waals surface area contributed by atoms with E-state index in [1.807, 2.05) is 0 Å². The number of hydrogen-bond acceptors (Lipinski definition) is 6. The van der Waals surface area contributed by atoms with Gasteiger partial charge in [-0.05, 0) is 44.3 Å². The van der Waals surface area contributed by atoms with Crippen LogP contribution in [0.1, 0.15) is 25.7 Å². The van der Waals surface area contributed by atoms with Crippen LogP contribution in [0.15, 0.2) is 23.3 Å². The van der Waals surface area contributed by atoms with E-state index >= 15 is 0 Å². The van der Waals surface area contributed by atoms with Crippen molar-refractivity contribution in [3.63, 3.8) is 0 Å². The average molecular weight is 388 g/mol. The molecule has 152 valence electrons. The summed E-state index contributed by atoms with van der Waals surface area (Å²) < 4.78 is 12.1. The van der Waals surface area contributed by atoms with Crippen LogP contribution in [0.4, 0.5) is 0 Å².